The largest absolute Gasteiger partial charge is 0.491 e. The van der Waals surface area contributed by atoms with E-state index in [0.717, 1.165) is 25.1 Å². The van der Waals surface area contributed by atoms with E-state index in [1.807, 2.05) is 18.2 Å². The Kier molecular flexibility index (Phi) is 6.67. The van der Waals surface area contributed by atoms with Crippen molar-refractivity contribution in [3.8, 4) is 5.75 Å². The van der Waals surface area contributed by atoms with Gasteiger partial charge in [0.25, 0.3) is 0 Å². The quantitative estimate of drug-likeness (QED) is 0.720. The van der Waals surface area contributed by atoms with Crippen LogP contribution in [0.4, 0.5) is 0 Å². The monoisotopic (exact) mass is 284 g/mol. The third kappa shape index (κ3) is 5.49. The van der Waals surface area contributed by atoms with Gasteiger partial charge in [0.2, 0.25) is 5.91 Å². The standard InChI is InChI=1S/C14H21ClN2O2/c1-3-6-17-8-11-4-5-13(12(15)7-11)19-9-10(2)14(16)18/h4-5,7,10,17H,3,6,8-9H2,1-2H3,(H2,16,18). The Labute approximate surface area is 119 Å². The van der Waals surface area contributed by atoms with Crippen molar-refractivity contribution in [3.05, 3.63) is 28.8 Å². The van der Waals surface area contributed by atoms with Crippen molar-refractivity contribution in [2.24, 2.45) is 11.7 Å². The molecule has 0 heterocycles. The molecule has 106 valence electrons. The summed E-state index contributed by atoms with van der Waals surface area (Å²) >= 11 is 6.14. The number of amides is 1. The number of hydrogen-bond acceptors (Lipinski definition) is 3. The zero-order valence-corrected chi connectivity index (χ0v) is 12.2. The van der Waals surface area contributed by atoms with Gasteiger partial charge in [0.1, 0.15) is 5.75 Å². The van der Waals surface area contributed by atoms with E-state index in [4.69, 9.17) is 22.1 Å². The molecule has 1 aromatic carbocycles. The zero-order chi connectivity index (χ0) is 14.3. The lowest BCUT2D eigenvalue weighted by Crippen LogP contribution is -2.25. The van der Waals surface area contributed by atoms with Crippen LogP contribution in [0.15, 0.2) is 18.2 Å². The summed E-state index contributed by atoms with van der Waals surface area (Å²) in [6.45, 7) is 5.84. The first kappa shape index (κ1) is 15.8. The highest BCUT2D eigenvalue weighted by atomic mass is 35.5. The highest BCUT2D eigenvalue weighted by molar-refractivity contribution is 6.32. The van der Waals surface area contributed by atoms with E-state index < -0.39 is 0 Å². The summed E-state index contributed by atoms with van der Waals surface area (Å²) in [7, 11) is 0. The Balaban J connectivity index is 2.54. The summed E-state index contributed by atoms with van der Waals surface area (Å²) in [5, 5.41) is 3.85. The topological polar surface area (TPSA) is 64.3 Å². The van der Waals surface area contributed by atoms with Crippen LogP contribution in [0.3, 0.4) is 0 Å². The van der Waals surface area contributed by atoms with Gasteiger partial charge in [-0.05, 0) is 30.7 Å². The molecule has 1 atom stereocenters. The molecule has 3 N–H and O–H groups in total. The van der Waals surface area contributed by atoms with E-state index in [0.29, 0.717) is 10.8 Å². The van der Waals surface area contributed by atoms with E-state index >= 15 is 0 Å². The third-order valence-electron chi connectivity index (χ3n) is 2.73. The Morgan fingerprint density at radius 3 is 2.84 bits per heavy atom. The van der Waals surface area contributed by atoms with Crippen LogP contribution >= 0.6 is 11.6 Å². The number of primary amides is 1. The van der Waals surface area contributed by atoms with Crippen LogP contribution in [0.25, 0.3) is 0 Å². The summed E-state index contributed by atoms with van der Waals surface area (Å²) in [6, 6.07) is 5.65. The lowest BCUT2D eigenvalue weighted by atomic mass is 10.2. The van der Waals surface area contributed by atoms with Crippen molar-refractivity contribution in [1.29, 1.82) is 0 Å². The minimum absolute atomic E-state index is 0.239. The fraction of sp³-hybridized carbons (Fsp3) is 0.500. The molecule has 0 aromatic heterocycles. The zero-order valence-electron chi connectivity index (χ0n) is 11.4. The van der Waals surface area contributed by atoms with Gasteiger partial charge in [-0.15, -0.1) is 0 Å². The maximum atomic E-state index is 10.9. The first-order chi connectivity index (χ1) is 9.04. The first-order valence-corrected chi connectivity index (χ1v) is 6.83. The van der Waals surface area contributed by atoms with E-state index in [9.17, 15) is 4.79 Å². The van der Waals surface area contributed by atoms with Crippen LogP contribution in [0.5, 0.6) is 5.75 Å². The molecule has 1 amide bonds. The van der Waals surface area contributed by atoms with Gasteiger partial charge in [-0.3, -0.25) is 4.79 Å². The number of halogens is 1. The Morgan fingerprint density at radius 1 is 1.53 bits per heavy atom. The van der Waals surface area contributed by atoms with Crippen molar-refractivity contribution in [3.63, 3.8) is 0 Å². The van der Waals surface area contributed by atoms with Gasteiger partial charge in [0.15, 0.2) is 0 Å². The minimum atomic E-state index is -0.378. The number of rotatable bonds is 8. The maximum Gasteiger partial charge on any atom is 0.223 e. The summed E-state index contributed by atoms with van der Waals surface area (Å²) in [6.07, 6.45) is 1.10. The molecular weight excluding hydrogens is 264 g/mol. The van der Waals surface area contributed by atoms with Crippen molar-refractivity contribution >= 4 is 17.5 Å². The molecule has 0 aliphatic heterocycles. The minimum Gasteiger partial charge on any atom is -0.491 e. The van der Waals surface area contributed by atoms with Crippen LogP contribution in [0, 0.1) is 5.92 Å². The normalized spacial score (nSPS) is 12.2. The molecule has 1 unspecified atom stereocenters. The Hall–Kier alpha value is -1.26. The van der Waals surface area contributed by atoms with Gasteiger partial charge >= 0.3 is 0 Å². The Morgan fingerprint density at radius 2 is 2.26 bits per heavy atom. The number of hydrogen-bond donors (Lipinski definition) is 2. The average Bonchev–Trinajstić information content (AvgIpc) is 2.37. The molecule has 0 saturated carbocycles. The number of carbonyl (C=O) groups excluding carboxylic acids is 1. The van der Waals surface area contributed by atoms with Gasteiger partial charge in [-0.25, -0.2) is 0 Å². The van der Waals surface area contributed by atoms with Gasteiger partial charge < -0.3 is 15.8 Å². The second-order valence-electron chi connectivity index (χ2n) is 4.56. The van der Waals surface area contributed by atoms with Crippen LogP contribution in [-0.2, 0) is 11.3 Å². The van der Waals surface area contributed by atoms with E-state index in [1.54, 1.807) is 6.92 Å². The van der Waals surface area contributed by atoms with Crippen molar-refractivity contribution < 1.29 is 9.53 Å². The lowest BCUT2D eigenvalue weighted by molar-refractivity contribution is -0.122. The fourth-order valence-corrected chi connectivity index (χ4v) is 1.74. The predicted octanol–water partition coefficient (Wildman–Crippen LogP) is 2.34. The molecule has 0 aliphatic rings. The SMILES string of the molecule is CCCNCc1ccc(OCC(C)C(N)=O)c(Cl)c1. The number of ether oxygens (including phenoxy) is 1. The molecule has 0 bridgehead atoms. The Bertz CT molecular complexity index is 424. The molecule has 5 heteroatoms. The molecule has 1 rings (SSSR count). The molecule has 19 heavy (non-hydrogen) atoms. The molecule has 4 nitrogen and oxygen atoms in total. The molecule has 0 fully saturated rings. The first-order valence-electron chi connectivity index (χ1n) is 6.45. The lowest BCUT2D eigenvalue weighted by Gasteiger charge is -2.12. The van der Waals surface area contributed by atoms with Crippen LogP contribution in [0.2, 0.25) is 5.02 Å². The number of carbonyl (C=O) groups is 1. The van der Waals surface area contributed by atoms with E-state index in [-0.39, 0.29) is 18.4 Å². The average molecular weight is 285 g/mol. The van der Waals surface area contributed by atoms with Crippen LogP contribution in [0.1, 0.15) is 25.8 Å². The molecule has 0 spiro atoms. The van der Waals surface area contributed by atoms with Gasteiger partial charge in [-0.2, -0.15) is 0 Å². The highest BCUT2D eigenvalue weighted by Gasteiger charge is 2.11. The molecule has 0 aliphatic carbocycles. The van der Waals surface area contributed by atoms with Crippen molar-refractivity contribution in [2.45, 2.75) is 26.8 Å². The maximum absolute atomic E-state index is 10.9. The van der Waals surface area contributed by atoms with Crippen molar-refractivity contribution in [2.75, 3.05) is 13.2 Å². The van der Waals surface area contributed by atoms with Gasteiger partial charge in [0.05, 0.1) is 17.5 Å². The third-order valence-corrected chi connectivity index (χ3v) is 3.02. The van der Waals surface area contributed by atoms with Crippen LogP contribution < -0.4 is 15.8 Å². The summed E-state index contributed by atoms with van der Waals surface area (Å²) in [5.41, 5.74) is 6.28. The smallest absolute Gasteiger partial charge is 0.223 e. The van der Waals surface area contributed by atoms with E-state index in [2.05, 4.69) is 12.2 Å². The number of nitrogens with two attached hydrogens (primary N) is 1. The van der Waals surface area contributed by atoms with Gasteiger partial charge in [-0.1, -0.05) is 31.5 Å². The predicted molar refractivity (Wildman–Crippen MR) is 77.3 cm³/mol. The summed E-state index contributed by atoms with van der Waals surface area (Å²) in [4.78, 5) is 10.9. The number of benzene rings is 1. The van der Waals surface area contributed by atoms with E-state index in [1.165, 1.54) is 0 Å². The van der Waals surface area contributed by atoms with Crippen LogP contribution in [-0.4, -0.2) is 19.1 Å². The molecule has 1 aromatic rings. The summed E-state index contributed by atoms with van der Waals surface area (Å²) < 4.78 is 5.49. The molecular formula is C14H21ClN2O2. The second-order valence-corrected chi connectivity index (χ2v) is 4.96. The molecule has 0 saturated heterocycles. The fourth-order valence-electron chi connectivity index (χ4n) is 1.48. The van der Waals surface area contributed by atoms with Crippen molar-refractivity contribution in [1.82, 2.24) is 5.32 Å². The number of nitrogens with one attached hydrogen (secondary N) is 1. The van der Waals surface area contributed by atoms with Gasteiger partial charge in [0, 0.05) is 6.54 Å². The molecule has 0 radical (unpaired) electrons. The second kappa shape index (κ2) is 8.02. The summed E-state index contributed by atoms with van der Waals surface area (Å²) in [5.74, 6) is -0.132. The highest BCUT2D eigenvalue weighted by Crippen LogP contribution is 2.25.